The maximum absolute atomic E-state index is 13.8. The molecule has 0 radical (unpaired) electrons. The Hall–Kier alpha value is -2.94. The smallest absolute Gasteiger partial charge is 0.191 e. The van der Waals surface area contributed by atoms with Crippen LogP contribution in [-0.4, -0.2) is 19.6 Å². The Labute approximate surface area is 139 Å². The van der Waals surface area contributed by atoms with Crippen molar-refractivity contribution in [1.82, 2.24) is 10.6 Å². The lowest BCUT2D eigenvalue weighted by Crippen LogP contribution is -2.38. The minimum absolute atomic E-state index is 0.247. The number of benzene rings is 2. The van der Waals surface area contributed by atoms with Crippen molar-refractivity contribution >= 4 is 5.96 Å². The molecule has 0 aliphatic heterocycles. The van der Waals surface area contributed by atoms with E-state index in [0.717, 1.165) is 5.56 Å². The van der Waals surface area contributed by atoms with Crippen LogP contribution >= 0.6 is 0 Å². The molecule has 0 amide bonds. The second-order valence-corrected chi connectivity index (χ2v) is 5.15. The fourth-order valence-corrected chi connectivity index (χ4v) is 2.18. The first kappa shape index (κ1) is 17.4. The van der Waals surface area contributed by atoms with E-state index in [9.17, 15) is 8.78 Å². The van der Waals surface area contributed by atoms with Crippen molar-refractivity contribution in [2.75, 3.05) is 13.6 Å². The summed E-state index contributed by atoms with van der Waals surface area (Å²) >= 11 is 0. The van der Waals surface area contributed by atoms with Gasteiger partial charge in [-0.3, -0.25) is 4.99 Å². The van der Waals surface area contributed by atoms with E-state index >= 15 is 0 Å². The number of aliphatic imine (C=N–C) groups is 1. The second-order valence-electron chi connectivity index (χ2n) is 5.15. The highest BCUT2D eigenvalue weighted by Crippen LogP contribution is 2.09. The van der Waals surface area contributed by atoms with Crippen LogP contribution in [0.5, 0.6) is 0 Å². The summed E-state index contributed by atoms with van der Waals surface area (Å²) in [6.07, 6.45) is 0.643. The van der Waals surface area contributed by atoms with E-state index in [-0.39, 0.29) is 17.9 Å². The summed E-state index contributed by atoms with van der Waals surface area (Å²) < 4.78 is 26.9. The van der Waals surface area contributed by atoms with Crippen LogP contribution in [0.1, 0.15) is 16.7 Å². The molecule has 0 aliphatic carbocycles. The molecular weight excluding hydrogens is 310 g/mol. The largest absolute Gasteiger partial charge is 0.356 e. The molecule has 124 valence electrons. The molecule has 0 saturated carbocycles. The van der Waals surface area contributed by atoms with Crippen molar-refractivity contribution in [2.45, 2.75) is 13.0 Å². The van der Waals surface area contributed by atoms with Gasteiger partial charge in [0.2, 0.25) is 0 Å². The minimum Gasteiger partial charge on any atom is -0.356 e. The van der Waals surface area contributed by atoms with Crippen molar-refractivity contribution in [3.8, 4) is 6.07 Å². The van der Waals surface area contributed by atoms with Crippen LogP contribution in [0, 0.1) is 23.0 Å². The van der Waals surface area contributed by atoms with Crippen molar-refractivity contribution in [3.05, 3.63) is 70.8 Å². The average molecular weight is 328 g/mol. The zero-order valence-corrected chi connectivity index (χ0v) is 13.3. The standard InChI is InChI=1S/C18H18F2N4/c1-22-18(23-8-7-13-3-2-4-16(19)9-13)24-12-15-6-5-14(11-21)10-17(15)20/h2-6,9-10H,7-8,12H2,1H3,(H2,22,23,24). The van der Waals surface area contributed by atoms with Gasteiger partial charge in [-0.15, -0.1) is 0 Å². The van der Waals surface area contributed by atoms with Crippen molar-refractivity contribution in [2.24, 2.45) is 4.99 Å². The Morgan fingerprint density at radius 1 is 1.17 bits per heavy atom. The van der Waals surface area contributed by atoms with Gasteiger partial charge < -0.3 is 10.6 Å². The van der Waals surface area contributed by atoms with E-state index < -0.39 is 5.82 Å². The van der Waals surface area contributed by atoms with Gasteiger partial charge in [0, 0.05) is 25.7 Å². The number of hydrogen-bond donors (Lipinski definition) is 2. The van der Waals surface area contributed by atoms with E-state index in [2.05, 4.69) is 15.6 Å². The van der Waals surface area contributed by atoms with E-state index in [1.54, 1.807) is 25.2 Å². The van der Waals surface area contributed by atoms with Crippen LogP contribution in [-0.2, 0) is 13.0 Å². The van der Waals surface area contributed by atoms with Crippen LogP contribution < -0.4 is 10.6 Å². The van der Waals surface area contributed by atoms with E-state index in [1.807, 2.05) is 12.1 Å². The summed E-state index contributed by atoms with van der Waals surface area (Å²) in [7, 11) is 1.62. The first-order valence-corrected chi connectivity index (χ1v) is 7.50. The third-order valence-corrected chi connectivity index (χ3v) is 3.45. The number of hydrogen-bond acceptors (Lipinski definition) is 2. The van der Waals surface area contributed by atoms with Crippen LogP contribution in [0.2, 0.25) is 0 Å². The molecule has 2 aromatic carbocycles. The molecule has 0 heterocycles. The molecule has 2 N–H and O–H groups in total. The number of rotatable bonds is 5. The first-order valence-electron chi connectivity index (χ1n) is 7.50. The Kier molecular flexibility index (Phi) is 6.26. The average Bonchev–Trinajstić information content (AvgIpc) is 2.58. The molecule has 0 bridgehead atoms. The van der Waals surface area contributed by atoms with Gasteiger partial charge in [0.15, 0.2) is 5.96 Å². The van der Waals surface area contributed by atoms with Gasteiger partial charge in [0.05, 0.1) is 11.6 Å². The Bertz CT molecular complexity index is 766. The quantitative estimate of drug-likeness (QED) is 0.655. The van der Waals surface area contributed by atoms with Crippen LogP contribution in [0.15, 0.2) is 47.5 Å². The number of halogens is 2. The fraction of sp³-hybridized carbons (Fsp3) is 0.222. The fourth-order valence-electron chi connectivity index (χ4n) is 2.18. The summed E-state index contributed by atoms with van der Waals surface area (Å²) in [6.45, 7) is 0.816. The lowest BCUT2D eigenvalue weighted by atomic mass is 10.1. The van der Waals surface area contributed by atoms with Gasteiger partial charge in [-0.25, -0.2) is 8.78 Å². The summed E-state index contributed by atoms with van der Waals surface area (Å²) in [5, 5.41) is 14.8. The summed E-state index contributed by atoms with van der Waals surface area (Å²) in [5.74, 6) is -0.168. The van der Waals surface area contributed by atoms with Gasteiger partial charge in [-0.1, -0.05) is 18.2 Å². The number of nitrogens with zero attached hydrogens (tertiary/aromatic N) is 2. The molecule has 0 aromatic heterocycles. The zero-order chi connectivity index (χ0) is 17.4. The molecule has 24 heavy (non-hydrogen) atoms. The van der Waals surface area contributed by atoms with Gasteiger partial charge in [0.25, 0.3) is 0 Å². The van der Waals surface area contributed by atoms with Gasteiger partial charge in [-0.05, 0) is 36.2 Å². The first-order chi connectivity index (χ1) is 11.6. The molecule has 0 saturated heterocycles. The molecule has 2 aromatic rings. The number of guanidine groups is 1. The Morgan fingerprint density at radius 2 is 2.00 bits per heavy atom. The lowest BCUT2D eigenvalue weighted by molar-refractivity contribution is 0.604. The molecule has 6 heteroatoms. The lowest BCUT2D eigenvalue weighted by Gasteiger charge is -2.12. The maximum atomic E-state index is 13.8. The highest BCUT2D eigenvalue weighted by atomic mass is 19.1. The molecule has 0 aliphatic rings. The highest BCUT2D eigenvalue weighted by molar-refractivity contribution is 5.79. The molecule has 4 nitrogen and oxygen atoms in total. The third kappa shape index (κ3) is 5.06. The Balaban J connectivity index is 1.83. The zero-order valence-electron chi connectivity index (χ0n) is 13.3. The summed E-state index contributed by atoms with van der Waals surface area (Å²) in [6, 6.07) is 12.7. The molecule has 0 atom stereocenters. The third-order valence-electron chi connectivity index (χ3n) is 3.45. The minimum atomic E-state index is -0.434. The van der Waals surface area contributed by atoms with Crippen LogP contribution in [0.3, 0.4) is 0 Å². The van der Waals surface area contributed by atoms with E-state index in [1.165, 1.54) is 18.2 Å². The van der Waals surface area contributed by atoms with Crippen molar-refractivity contribution in [3.63, 3.8) is 0 Å². The number of nitriles is 1. The SMILES string of the molecule is CN=C(NCCc1cccc(F)c1)NCc1ccc(C#N)cc1F. The summed E-state index contributed by atoms with van der Waals surface area (Å²) in [5.41, 5.74) is 1.62. The number of nitrogens with one attached hydrogen (secondary N) is 2. The molecule has 0 unspecified atom stereocenters. The maximum Gasteiger partial charge on any atom is 0.191 e. The molecule has 0 fully saturated rings. The second kappa shape index (κ2) is 8.63. The van der Waals surface area contributed by atoms with E-state index in [4.69, 9.17) is 5.26 Å². The van der Waals surface area contributed by atoms with Crippen molar-refractivity contribution < 1.29 is 8.78 Å². The monoisotopic (exact) mass is 328 g/mol. The predicted octanol–water partition coefficient (Wildman–Crippen LogP) is 2.74. The molecular formula is C18H18F2N4. The van der Waals surface area contributed by atoms with Gasteiger partial charge in [0.1, 0.15) is 11.6 Å². The molecule has 0 spiro atoms. The Morgan fingerprint density at radius 3 is 2.67 bits per heavy atom. The van der Waals surface area contributed by atoms with Gasteiger partial charge in [-0.2, -0.15) is 5.26 Å². The highest BCUT2D eigenvalue weighted by Gasteiger charge is 2.05. The van der Waals surface area contributed by atoms with E-state index in [0.29, 0.717) is 24.5 Å². The van der Waals surface area contributed by atoms with Crippen molar-refractivity contribution in [1.29, 1.82) is 5.26 Å². The topological polar surface area (TPSA) is 60.2 Å². The predicted molar refractivity (Wildman–Crippen MR) is 89.4 cm³/mol. The molecule has 2 rings (SSSR count). The van der Waals surface area contributed by atoms with Crippen LogP contribution in [0.25, 0.3) is 0 Å². The normalized spacial score (nSPS) is 11.0. The summed E-state index contributed by atoms with van der Waals surface area (Å²) in [4.78, 5) is 4.06. The van der Waals surface area contributed by atoms with Crippen LogP contribution in [0.4, 0.5) is 8.78 Å². The van der Waals surface area contributed by atoms with Gasteiger partial charge >= 0.3 is 0 Å².